The van der Waals surface area contributed by atoms with Gasteiger partial charge in [0.2, 0.25) is 0 Å². The first-order valence-corrected chi connectivity index (χ1v) is 6.14. The first-order chi connectivity index (χ1) is 8.86. The van der Waals surface area contributed by atoms with E-state index in [1.54, 1.807) is 12.4 Å². The Morgan fingerprint density at radius 2 is 2.11 bits per heavy atom. The summed E-state index contributed by atoms with van der Waals surface area (Å²) in [6, 6.07) is 5.62. The molecule has 0 saturated carbocycles. The Morgan fingerprint density at radius 1 is 1.22 bits per heavy atom. The lowest BCUT2D eigenvalue weighted by Gasteiger charge is -2.21. The van der Waals surface area contributed by atoms with Gasteiger partial charge in [-0.3, -0.25) is 9.97 Å². The van der Waals surface area contributed by atoms with Gasteiger partial charge in [-0.15, -0.1) is 0 Å². The van der Waals surface area contributed by atoms with Crippen LogP contribution in [0.3, 0.4) is 0 Å². The number of allylic oxidation sites excluding steroid dienone is 1. The summed E-state index contributed by atoms with van der Waals surface area (Å²) in [7, 11) is 0. The third kappa shape index (κ3) is 1.95. The number of benzene rings is 1. The second-order valence-electron chi connectivity index (χ2n) is 4.35. The summed E-state index contributed by atoms with van der Waals surface area (Å²) in [6.45, 7) is 0.746. The molecule has 1 atom stereocenters. The molecule has 3 rings (SSSR count). The van der Waals surface area contributed by atoms with Gasteiger partial charge in [-0.1, -0.05) is 12.1 Å². The Morgan fingerprint density at radius 3 is 2.94 bits per heavy atom. The number of para-hydroxylation sites is 1. The van der Waals surface area contributed by atoms with Gasteiger partial charge in [-0.25, -0.2) is 0 Å². The van der Waals surface area contributed by atoms with Crippen LogP contribution in [0.4, 0.5) is 0 Å². The quantitative estimate of drug-likeness (QED) is 0.876. The Kier molecular flexibility index (Phi) is 2.94. The Bertz CT molecular complexity index is 589. The van der Waals surface area contributed by atoms with E-state index in [9.17, 15) is 0 Å². The number of nitrogens with two attached hydrogens (primary N) is 1. The lowest BCUT2D eigenvalue weighted by Crippen LogP contribution is -2.18. The standard InChI is InChI=1S/C14H15N3O/c15-13(12-6-1-2-9-18-12)10-4-3-5-11-14(10)17-8-7-16-11/h3-8,13H,1-2,9,15H2. The molecule has 1 aromatic carbocycles. The van der Waals surface area contributed by atoms with E-state index in [1.807, 2.05) is 18.2 Å². The molecule has 2 N–H and O–H groups in total. The van der Waals surface area contributed by atoms with E-state index in [0.717, 1.165) is 41.8 Å². The molecule has 4 nitrogen and oxygen atoms in total. The van der Waals surface area contributed by atoms with Crippen LogP contribution >= 0.6 is 0 Å². The van der Waals surface area contributed by atoms with Crippen LogP contribution in [0.5, 0.6) is 0 Å². The summed E-state index contributed by atoms with van der Waals surface area (Å²) in [5, 5.41) is 0. The molecule has 0 saturated heterocycles. The van der Waals surface area contributed by atoms with Gasteiger partial charge >= 0.3 is 0 Å². The number of aromatic nitrogens is 2. The highest BCUT2D eigenvalue weighted by atomic mass is 16.5. The van der Waals surface area contributed by atoms with Crippen molar-refractivity contribution in [2.24, 2.45) is 5.73 Å². The highest BCUT2D eigenvalue weighted by Crippen LogP contribution is 2.27. The minimum atomic E-state index is -0.259. The van der Waals surface area contributed by atoms with E-state index in [4.69, 9.17) is 10.5 Å². The molecule has 1 aliphatic rings. The molecule has 92 valence electrons. The van der Waals surface area contributed by atoms with Crippen molar-refractivity contribution in [2.75, 3.05) is 6.61 Å². The second-order valence-corrected chi connectivity index (χ2v) is 4.35. The third-order valence-electron chi connectivity index (χ3n) is 3.13. The normalized spacial score (nSPS) is 17.1. The highest BCUT2D eigenvalue weighted by molar-refractivity contribution is 5.78. The van der Waals surface area contributed by atoms with E-state index in [2.05, 4.69) is 16.0 Å². The van der Waals surface area contributed by atoms with Crippen molar-refractivity contribution >= 4 is 11.0 Å². The number of hydrogen-bond donors (Lipinski definition) is 1. The molecule has 2 heterocycles. The summed E-state index contributed by atoms with van der Waals surface area (Å²) < 4.78 is 5.63. The fourth-order valence-electron chi connectivity index (χ4n) is 2.21. The number of rotatable bonds is 2. The molecule has 0 fully saturated rings. The largest absolute Gasteiger partial charge is 0.496 e. The number of fused-ring (bicyclic) bond motifs is 1. The topological polar surface area (TPSA) is 61.0 Å². The van der Waals surface area contributed by atoms with Gasteiger partial charge in [0.05, 0.1) is 23.7 Å². The summed E-state index contributed by atoms with van der Waals surface area (Å²) in [4.78, 5) is 8.66. The smallest absolute Gasteiger partial charge is 0.113 e. The molecule has 0 aliphatic carbocycles. The molecule has 18 heavy (non-hydrogen) atoms. The molecule has 1 unspecified atom stereocenters. The predicted molar refractivity (Wildman–Crippen MR) is 69.7 cm³/mol. The van der Waals surface area contributed by atoms with Gasteiger partial charge < -0.3 is 10.5 Å². The number of hydrogen-bond acceptors (Lipinski definition) is 4. The Labute approximate surface area is 106 Å². The Hall–Kier alpha value is -1.94. The monoisotopic (exact) mass is 241 g/mol. The SMILES string of the molecule is NC(C1=CCCCO1)c1cccc2nccnc12. The third-order valence-corrected chi connectivity index (χ3v) is 3.13. The zero-order valence-electron chi connectivity index (χ0n) is 10.0. The molecule has 0 bridgehead atoms. The van der Waals surface area contributed by atoms with Crippen molar-refractivity contribution in [1.29, 1.82) is 0 Å². The van der Waals surface area contributed by atoms with E-state index in [0.29, 0.717) is 0 Å². The van der Waals surface area contributed by atoms with E-state index >= 15 is 0 Å². The molecule has 0 radical (unpaired) electrons. The maximum Gasteiger partial charge on any atom is 0.113 e. The van der Waals surface area contributed by atoms with Crippen molar-refractivity contribution in [3.8, 4) is 0 Å². The molecular formula is C14H15N3O. The van der Waals surface area contributed by atoms with Crippen LogP contribution in [-0.4, -0.2) is 16.6 Å². The van der Waals surface area contributed by atoms with E-state index < -0.39 is 0 Å². The van der Waals surface area contributed by atoms with Crippen molar-refractivity contribution in [3.05, 3.63) is 48.0 Å². The van der Waals surface area contributed by atoms with Gasteiger partial charge in [-0.2, -0.15) is 0 Å². The van der Waals surface area contributed by atoms with Gasteiger partial charge in [0, 0.05) is 18.0 Å². The second kappa shape index (κ2) is 4.74. The van der Waals surface area contributed by atoms with Gasteiger partial charge in [0.15, 0.2) is 0 Å². The maximum absolute atomic E-state index is 6.27. The lowest BCUT2D eigenvalue weighted by atomic mass is 10.0. The summed E-state index contributed by atoms with van der Waals surface area (Å²) in [6.07, 6.45) is 7.54. The fourth-order valence-corrected chi connectivity index (χ4v) is 2.21. The van der Waals surface area contributed by atoms with Crippen LogP contribution in [0.25, 0.3) is 11.0 Å². The lowest BCUT2D eigenvalue weighted by molar-refractivity contribution is 0.176. The van der Waals surface area contributed by atoms with E-state index in [1.165, 1.54) is 0 Å². The van der Waals surface area contributed by atoms with Crippen molar-refractivity contribution in [3.63, 3.8) is 0 Å². The summed E-state index contributed by atoms with van der Waals surface area (Å²) >= 11 is 0. The highest BCUT2D eigenvalue weighted by Gasteiger charge is 2.18. The number of ether oxygens (including phenoxy) is 1. The fraction of sp³-hybridized carbons (Fsp3) is 0.286. The summed E-state index contributed by atoms with van der Waals surface area (Å²) in [5.41, 5.74) is 8.95. The van der Waals surface area contributed by atoms with Crippen LogP contribution < -0.4 is 5.73 Å². The van der Waals surface area contributed by atoms with Crippen molar-refractivity contribution in [2.45, 2.75) is 18.9 Å². The van der Waals surface area contributed by atoms with Crippen LogP contribution in [0.1, 0.15) is 24.4 Å². The van der Waals surface area contributed by atoms with Crippen LogP contribution in [0, 0.1) is 0 Å². The summed E-state index contributed by atoms with van der Waals surface area (Å²) in [5.74, 6) is 0.847. The van der Waals surface area contributed by atoms with Crippen LogP contribution in [-0.2, 0) is 4.74 Å². The van der Waals surface area contributed by atoms with Gasteiger partial charge in [0.1, 0.15) is 5.76 Å². The number of nitrogens with zero attached hydrogens (tertiary/aromatic N) is 2. The van der Waals surface area contributed by atoms with Crippen molar-refractivity contribution < 1.29 is 4.74 Å². The van der Waals surface area contributed by atoms with E-state index in [-0.39, 0.29) is 6.04 Å². The minimum absolute atomic E-state index is 0.259. The van der Waals surface area contributed by atoms with Crippen LogP contribution in [0.15, 0.2) is 42.4 Å². The van der Waals surface area contributed by atoms with Crippen molar-refractivity contribution in [1.82, 2.24) is 9.97 Å². The molecule has 4 heteroatoms. The zero-order chi connectivity index (χ0) is 12.4. The predicted octanol–water partition coefficient (Wildman–Crippen LogP) is 2.32. The van der Waals surface area contributed by atoms with Gasteiger partial charge in [0.25, 0.3) is 0 Å². The Balaban J connectivity index is 2.05. The molecule has 0 amide bonds. The molecule has 0 spiro atoms. The average Bonchev–Trinajstić information content (AvgIpc) is 2.47. The molecule has 2 aromatic rings. The average molecular weight is 241 g/mol. The van der Waals surface area contributed by atoms with Gasteiger partial charge in [-0.05, 0) is 25.0 Å². The molecule has 1 aromatic heterocycles. The maximum atomic E-state index is 6.27. The first-order valence-electron chi connectivity index (χ1n) is 6.14. The molecule has 1 aliphatic heterocycles. The zero-order valence-corrected chi connectivity index (χ0v) is 10.0. The van der Waals surface area contributed by atoms with Crippen LogP contribution in [0.2, 0.25) is 0 Å². The minimum Gasteiger partial charge on any atom is -0.496 e. The molecular weight excluding hydrogens is 226 g/mol. The first kappa shape index (κ1) is 11.2.